The molecule has 0 aliphatic heterocycles. The van der Waals surface area contributed by atoms with Crippen molar-refractivity contribution in [3.05, 3.63) is 40.8 Å². The van der Waals surface area contributed by atoms with E-state index in [1.165, 1.54) is 0 Å². The summed E-state index contributed by atoms with van der Waals surface area (Å²) in [4.78, 5) is 24.6. The number of nitrogens with zero attached hydrogens (tertiary/aromatic N) is 4. The van der Waals surface area contributed by atoms with Crippen molar-refractivity contribution in [2.45, 2.75) is 38.4 Å². The van der Waals surface area contributed by atoms with Gasteiger partial charge in [-0.15, -0.1) is 0 Å². The van der Waals surface area contributed by atoms with Gasteiger partial charge in [0.25, 0.3) is 0 Å². The van der Waals surface area contributed by atoms with Crippen molar-refractivity contribution < 1.29 is 18.0 Å². The minimum Gasteiger partial charge on any atom is -0.297 e. The lowest BCUT2D eigenvalue weighted by Crippen LogP contribution is -2.35. The molecule has 9 heteroatoms. The van der Waals surface area contributed by atoms with E-state index in [-0.39, 0.29) is 19.4 Å². The van der Waals surface area contributed by atoms with Crippen LogP contribution in [-0.4, -0.2) is 31.7 Å². The van der Waals surface area contributed by atoms with Crippen molar-refractivity contribution in [1.82, 2.24) is 19.8 Å². The minimum atomic E-state index is -4.29. The van der Waals surface area contributed by atoms with Gasteiger partial charge in [-0.2, -0.15) is 22.5 Å². The van der Waals surface area contributed by atoms with Gasteiger partial charge in [-0.1, -0.05) is 24.6 Å². The fraction of sp³-hybridized carbons (Fsp3) is 0.500. The number of hydrogen-bond acceptors (Lipinski definition) is 4. The molecule has 2 unspecified atom stereocenters. The topological polar surface area (TPSA) is 69.8 Å². The molecule has 25 heavy (non-hydrogen) atoms. The third kappa shape index (κ3) is 3.80. The van der Waals surface area contributed by atoms with Crippen LogP contribution >= 0.6 is 0 Å². The number of carbonyl (C=O) groups is 1. The standard InChI is InChI=1S/C16H17F3N4O2/c17-16(18,19)12-6-4-5-11(9-12)14(24)10-22-15(25)23(21-20-22)13-7-2-1-3-8-13/h1-3,7-8,11-12H,4-6,9-10H2. The molecule has 1 aliphatic rings. The van der Waals surface area contributed by atoms with Gasteiger partial charge in [0.05, 0.1) is 11.6 Å². The van der Waals surface area contributed by atoms with E-state index in [2.05, 4.69) is 10.4 Å². The van der Waals surface area contributed by atoms with Gasteiger partial charge < -0.3 is 0 Å². The molecule has 0 radical (unpaired) electrons. The number of alkyl halides is 3. The molecule has 1 heterocycles. The Kier molecular flexibility index (Phi) is 4.73. The summed E-state index contributed by atoms with van der Waals surface area (Å²) in [6.45, 7) is -0.360. The van der Waals surface area contributed by atoms with Gasteiger partial charge >= 0.3 is 11.9 Å². The maximum atomic E-state index is 12.9. The molecule has 6 nitrogen and oxygen atoms in total. The number of carbonyl (C=O) groups excluding carboxylic acids is 1. The lowest BCUT2D eigenvalue weighted by molar-refractivity contribution is -0.186. The van der Waals surface area contributed by atoms with Crippen molar-refractivity contribution in [2.24, 2.45) is 11.8 Å². The summed E-state index contributed by atoms with van der Waals surface area (Å²) < 4.78 is 40.5. The second kappa shape index (κ2) is 6.81. The molecule has 1 aromatic heterocycles. The number of halogens is 3. The Balaban J connectivity index is 1.72. The predicted molar refractivity (Wildman–Crippen MR) is 82.1 cm³/mol. The summed E-state index contributed by atoms with van der Waals surface area (Å²) in [5.41, 5.74) is -0.0938. The van der Waals surface area contributed by atoms with Crippen molar-refractivity contribution in [1.29, 1.82) is 0 Å². The number of tetrazole rings is 1. The summed E-state index contributed by atoms with van der Waals surface area (Å²) in [6, 6.07) is 8.56. The van der Waals surface area contributed by atoms with Crippen molar-refractivity contribution in [3.63, 3.8) is 0 Å². The molecule has 1 fully saturated rings. The number of aromatic nitrogens is 4. The highest BCUT2D eigenvalue weighted by atomic mass is 19.4. The van der Waals surface area contributed by atoms with E-state index in [9.17, 15) is 22.8 Å². The highest BCUT2D eigenvalue weighted by Gasteiger charge is 2.43. The van der Waals surface area contributed by atoms with Crippen LogP contribution in [0.25, 0.3) is 5.69 Å². The summed E-state index contributed by atoms with van der Waals surface area (Å²) in [7, 11) is 0. The van der Waals surface area contributed by atoms with Crippen LogP contribution in [0, 0.1) is 11.8 Å². The van der Waals surface area contributed by atoms with E-state index < -0.39 is 29.5 Å². The van der Waals surface area contributed by atoms with Crippen LogP contribution in [0.1, 0.15) is 25.7 Å². The molecule has 134 valence electrons. The van der Waals surface area contributed by atoms with E-state index in [0.717, 1.165) is 9.36 Å². The first-order valence-corrected chi connectivity index (χ1v) is 8.04. The maximum Gasteiger partial charge on any atom is 0.391 e. The number of benzene rings is 1. The van der Waals surface area contributed by atoms with E-state index in [4.69, 9.17) is 0 Å². The number of Topliss-reactive ketones (excluding diaryl/α,β-unsaturated/α-hetero) is 1. The lowest BCUT2D eigenvalue weighted by Gasteiger charge is -2.29. The van der Waals surface area contributed by atoms with Crippen molar-refractivity contribution in [3.8, 4) is 5.69 Å². The Labute approximate surface area is 141 Å². The molecule has 2 aromatic rings. The van der Waals surface area contributed by atoms with E-state index in [1.54, 1.807) is 30.3 Å². The molecule has 2 atom stereocenters. The third-order valence-corrected chi connectivity index (χ3v) is 4.54. The molecular weight excluding hydrogens is 337 g/mol. The van der Waals surface area contributed by atoms with Gasteiger partial charge in [0.15, 0.2) is 5.78 Å². The van der Waals surface area contributed by atoms with Gasteiger partial charge in [0.2, 0.25) is 0 Å². The van der Waals surface area contributed by atoms with Crippen LogP contribution in [0.4, 0.5) is 13.2 Å². The van der Waals surface area contributed by atoms with Gasteiger partial charge in [-0.3, -0.25) is 4.79 Å². The Bertz CT molecular complexity index is 798. The van der Waals surface area contributed by atoms with Crippen LogP contribution in [0.2, 0.25) is 0 Å². The third-order valence-electron chi connectivity index (χ3n) is 4.54. The molecule has 0 bridgehead atoms. The Hall–Kier alpha value is -2.45. The van der Waals surface area contributed by atoms with E-state index in [1.807, 2.05) is 0 Å². The average molecular weight is 354 g/mol. The number of para-hydroxylation sites is 1. The van der Waals surface area contributed by atoms with Gasteiger partial charge in [-0.05, 0) is 41.8 Å². The molecule has 3 rings (SSSR count). The smallest absolute Gasteiger partial charge is 0.297 e. The first-order valence-electron chi connectivity index (χ1n) is 8.04. The minimum absolute atomic E-state index is 0.0530. The maximum absolute atomic E-state index is 12.9. The van der Waals surface area contributed by atoms with Gasteiger partial charge in [0, 0.05) is 5.92 Å². The van der Waals surface area contributed by atoms with Gasteiger partial charge in [-0.25, -0.2) is 4.79 Å². The molecule has 1 aliphatic carbocycles. The highest BCUT2D eigenvalue weighted by Crippen LogP contribution is 2.40. The summed E-state index contributed by atoms with van der Waals surface area (Å²) in [5.74, 6) is -2.56. The van der Waals surface area contributed by atoms with E-state index >= 15 is 0 Å². The predicted octanol–water partition coefficient (Wildman–Crippen LogP) is 2.37. The van der Waals surface area contributed by atoms with Crippen LogP contribution in [0.5, 0.6) is 0 Å². The zero-order valence-electron chi connectivity index (χ0n) is 13.3. The Morgan fingerprint density at radius 2 is 1.88 bits per heavy atom. The molecule has 0 amide bonds. The SMILES string of the molecule is O=C(Cn1nnn(-c2ccccc2)c1=O)C1CCCC(C(F)(F)F)C1. The zero-order valence-corrected chi connectivity index (χ0v) is 13.3. The summed E-state index contributed by atoms with van der Waals surface area (Å²) >= 11 is 0. The second-order valence-electron chi connectivity index (χ2n) is 6.23. The quantitative estimate of drug-likeness (QED) is 0.845. The number of ketones is 1. The molecule has 0 spiro atoms. The molecule has 1 aromatic carbocycles. The molecular formula is C16H17F3N4O2. The van der Waals surface area contributed by atoms with Crippen molar-refractivity contribution >= 4 is 5.78 Å². The zero-order chi connectivity index (χ0) is 18.0. The van der Waals surface area contributed by atoms with Crippen molar-refractivity contribution in [2.75, 3.05) is 0 Å². The molecule has 0 saturated heterocycles. The largest absolute Gasteiger partial charge is 0.391 e. The first-order chi connectivity index (χ1) is 11.9. The average Bonchev–Trinajstić information content (AvgIpc) is 2.96. The summed E-state index contributed by atoms with van der Waals surface area (Å²) in [6.07, 6.45) is -3.69. The second-order valence-corrected chi connectivity index (χ2v) is 6.23. The van der Waals surface area contributed by atoms with Crippen LogP contribution < -0.4 is 5.69 Å². The number of rotatable bonds is 4. The fourth-order valence-electron chi connectivity index (χ4n) is 3.16. The fourth-order valence-corrected chi connectivity index (χ4v) is 3.16. The van der Waals surface area contributed by atoms with E-state index in [0.29, 0.717) is 18.5 Å². The molecule has 0 N–H and O–H groups in total. The van der Waals surface area contributed by atoms with Crippen LogP contribution in [0.3, 0.4) is 0 Å². The van der Waals surface area contributed by atoms with Crippen LogP contribution in [-0.2, 0) is 11.3 Å². The lowest BCUT2D eigenvalue weighted by atomic mass is 9.79. The number of hydrogen-bond donors (Lipinski definition) is 0. The first kappa shape index (κ1) is 17.4. The summed E-state index contributed by atoms with van der Waals surface area (Å²) in [5, 5.41) is 7.39. The Morgan fingerprint density at radius 3 is 2.56 bits per heavy atom. The monoisotopic (exact) mass is 354 g/mol. The molecule has 1 saturated carbocycles. The van der Waals surface area contributed by atoms with Crippen LogP contribution in [0.15, 0.2) is 35.1 Å². The highest BCUT2D eigenvalue weighted by molar-refractivity contribution is 5.80. The van der Waals surface area contributed by atoms with Gasteiger partial charge in [0.1, 0.15) is 6.54 Å². The Morgan fingerprint density at radius 1 is 1.16 bits per heavy atom. The normalized spacial score (nSPS) is 21.2.